The molecule has 1 aromatic heterocycles. The number of rotatable bonds is 2. The third kappa shape index (κ3) is 1.29. The minimum atomic E-state index is -0.424. The molecule has 0 radical (unpaired) electrons. The Bertz CT molecular complexity index is 361. The number of thiophene rings is 1. The van der Waals surface area contributed by atoms with Crippen molar-refractivity contribution < 1.29 is 9.59 Å². The summed E-state index contributed by atoms with van der Waals surface area (Å²) in [6.45, 7) is 2.40. The van der Waals surface area contributed by atoms with Crippen molar-refractivity contribution in [3.05, 3.63) is 22.4 Å². The van der Waals surface area contributed by atoms with Crippen molar-refractivity contribution >= 4 is 23.3 Å². The van der Waals surface area contributed by atoms with E-state index in [1.807, 2.05) is 24.4 Å². The van der Waals surface area contributed by atoms with Gasteiger partial charge in [0.25, 0.3) is 5.91 Å². The Kier molecular flexibility index (Phi) is 2.25. The topological polar surface area (TPSA) is 49.4 Å². The monoisotopic (exact) mass is 210 g/mol. The highest BCUT2D eigenvalue weighted by Gasteiger charge is 2.38. The maximum atomic E-state index is 11.5. The van der Waals surface area contributed by atoms with Crippen LogP contribution in [0.2, 0.25) is 0 Å². The molecule has 4 nitrogen and oxygen atoms in total. The first-order valence-electron chi connectivity index (χ1n) is 4.39. The van der Waals surface area contributed by atoms with Crippen molar-refractivity contribution in [1.82, 2.24) is 10.2 Å². The predicted octanol–water partition coefficient (Wildman–Crippen LogP) is 1.36. The zero-order chi connectivity index (χ0) is 10.1. The summed E-state index contributed by atoms with van der Waals surface area (Å²) in [7, 11) is 0. The largest absolute Gasteiger partial charge is 0.325 e. The van der Waals surface area contributed by atoms with Gasteiger partial charge >= 0.3 is 6.03 Å². The van der Waals surface area contributed by atoms with Crippen LogP contribution < -0.4 is 5.32 Å². The molecule has 0 aliphatic carbocycles. The van der Waals surface area contributed by atoms with Crippen LogP contribution in [0.5, 0.6) is 0 Å². The summed E-state index contributed by atoms with van der Waals surface area (Å²) in [6, 6.07) is 3.03. The number of hydrogen-bond acceptors (Lipinski definition) is 3. The minimum absolute atomic E-state index is 0.223. The average molecular weight is 210 g/mol. The molecule has 1 aliphatic heterocycles. The molecule has 0 saturated carbocycles. The standard InChI is InChI=1S/C9H10N2O2S/c1-2-11-7(6-4-3-5-14-6)8(12)10-9(11)13/h3-5,7H,2H2,1H3,(H,10,12,13). The lowest BCUT2D eigenvalue weighted by molar-refractivity contribution is -0.121. The van der Waals surface area contributed by atoms with Gasteiger partial charge in [-0.25, -0.2) is 4.79 Å². The van der Waals surface area contributed by atoms with Crippen LogP contribution in [0, 0.1) is 0 Å². The van der Waals surface area contributed by atoms with E-state index in [0.29, 0.717) is 6.54 Å². The van der Waals surface area contributed by atoms with Crippen LogP contribution in [0.4, 0.5) is 4.79 Å². The van der Waals surface area contributed by atoms with Gasteiger partial charge in [0.05, 0.1) is 0 Å². The number of amides is 3. The maximum Gasteiger partial charge on any atom is 0.325 e. The van der Waals surface area contributed by atoms with Crippen LogP contribution in [0.3, 0.4) is 0 Å². The fourth-order valence-corrected chi connectivity index (χ4v) is 2.39. The highest BCUT2D eigenvalue weighted by Crippen LogP contribution is 2.28. The van der Waals surface area contributed by atoms with E-state index in [9.17, 15) is 9.59 Å². The fourth-order valence-electron chi connectivity index (χ4n) is 1.56. The van der Waals surface area contributed by atoms with Crippen LogP contribution in [-0.2, 0) is 4.79 Å². The van der Waals surface area contributed by atoms with Crippen molar-refractivity contribution in [3.63, 3.8) is 0 Å². The Labute approximate surface area is 85.5 Å². The Hall–Kier alpha value is -1.36. The molecule has 14 heavy (non-hydrogen) atoms. The molecule has 1 saturated heterocycles. The third-order valence-electron chi connectivity index (χ3n) is 2.20. The van der Waals surface area contributed by atoms with Gasteiger partial charge in [-0.2, -0.15) is 0 Å². The second-order valence-electron chi connectivity index (χ2n) is 3.00. The van der Waals surface area contributed by atoms with Crippen molar-refractivity contribution in [2.24, 2.45) is 0 Å². The van der Waals surface area contributed by atoms with Gasteiger partial charge in [-0.15, -0.1) is 11.3 Å². The first-order valence-corrected chi connectivity index (χ1v) is 5.27. The molecule has 0 spiro atoms. The van der Waals surface area contributed by atoms with E-state index in [2.05, 4.69) is 5.32 Å². The summed E-state index contributed by atoms with van der Waals surface area (Å²) < 4.78 is 0. The van der Waals surface area contributed by atoms with E-state index in [-0.39, 0.29) is 11.9 Å². The van der Waals surface area contributed by atoms with Gasteiger partial charge in [0.1, 0.15) is 6.04 Å². The summed E-state index contributed by atoms with van der Waals surface area (Å²) in [5, 5.41) is 4.21. The Balaban J connectivity index is 2.33. The highest BCUT2D eigenvalue weighted by molar-refractivity contribution is 7.10. The lowest BCUT2D eigenvalue weighted by Crippen LogP contribution is -2.29. The highest BCUT2D eigenvalue weighted by atomic mass is 32.1. The first kappa shape index (κ1) is 9.21. The van der Waals surface area contributed by atoms with Crippen molar-refractivity contribution in [1.29, 1.82) is 0 Å². The number of hydrogen-bond donors (Lipinski definition) is 1. The van der Waals surface area contributed by atoms with Crippen LogP contribution in [0.1, 0.15) is 17.8 Å². The molecule has 1 atom stereocenters. The number of likely N-dealkylation sites (N-methyl/N-ethyl adjacent to an activating group) is 1. The lowest BCUT2D eigenvalue weighted by Gasteiger charge is -2.17. The molecule has 5 heteroatoms. The van der Waals surface area contributed by atoms with E-state index in [1.165, 1.54) is 16.2 Å². The maximum absolute atomic E-state index is 11.5. The van der Waals surface area contributed by atoms with Gasteiger partial charge in [0, 0.05) is 11.4 Å². The summed E-state index contributed by atoms with van der Waals surface area (Å²) in [5.41, 5.74) is 0. The third-order valence-corrected chi connectivity index (χ3v) is 3.13. The number of carbonyl (C=O) groups is 2. The summed E-state index contributed by atoms with van der Waals surface area (Å²) in [4.78, 5) is 25.3. The molecule has 1 N–H and O–H groups in total. The second kappa shape index (κ2) is 3.42. The molecule has 74 valence electrons. The van der Waals surface area contributed by atoms with Gasteiger partial charge in [0.2, 0.25) is 0 Å². The Morgan fingerprint density at radius 2 is 2.36 bits per heavy atom. The van der Waals surface area contributed by atoms with Crippen LogP contribution in [0.15, 0.2) is 17.5 Å². The normalized spacial score (nSPS) is 21.5. The summed E-state index contributed by atoms with van der Waals surface area (Å²) in [6.07, 6.45) is 0. The number of carbonyl (C=O) groups excluding carboxylic acids is 2. The van der Waals surface area contributed by atoms with Crippen LogP contribution in [-0.4, -0.2) is 23.4 Å². The molecule has 1 unspecified atom stereocenters. The fraction of sp³-hybridized carbons (Fsp3) is 0.333. The lowest BCUT2D eigenvalue weighted by atomic mass is 10.2. The van der Waals surface area contributed by atoms with E-state index in [0.717, 1.165) is 4.88 Å². The van der Waals surface area contributed by atoms with E-state index in [1.54, 1.807) is 0 Å². The van der Waals surface area contributed by atoms with Gasteiger partial charge in [-0.1, -0.05) is 6.07 Å². The molecule has 1 aromatic rings. The Morgan fingerprint density at radius 3 is 2.93 bits per heavy atom. The average Bonchev–Trinajstić information content (AvgIpc) is 2.72. The minimum Gasteiger partial charge on any atom is -0.308 e. The molecular formula is C9H10N2O2S. The number of urea groups is 1. The first-order chi connectivity index (χ1) is 6.74. The molecule has 1 fully saturated rings. The number of nitrogens with zero attached hydrogens (tertiary/aromatic N) is 1. The SMILES string of the molecule is CCN1C(=O)NC(=O)C1c1cccs1. The van der Waals surface area contributed by atoms with E-state index >= 15 is 0 Å². The molecule has 1 aliphatic rings. The van der Waals surface area contributed by atoms with Crippen LogP contribution in [0.25, 0.3) is 0 Å². The molecule has 3 amide bonds. The number of imide groups is 1. The van der Waals surface area contributed by atoms with Gasteiger partial charge in [-0.3, -0.25) is 10.1 Å². The summed E-state index contributed by atoms with van der Waals surface area (Å²) >= 11 is 1.49. The van der Waals surface area contributed by atoms with Crippen molar-refractivity contribution in [3.8, 4) is 0 Å². The quantitative estimate of drug-likeness (QED) is 0.749. The smallest absolute Gasteiger partial charge is 0.308 e. The molecular weight excluding hydrogens is 200 g/mol. The molecule has 2 heterocycles. The zero-order valence-electron chi connectivity index (χ0n) is 7.69. The Morgan fingerprint density at radius 1 is 1.57 bits per heavy atom. The molecule has 2 rings (SSSR count). The van der Waals surface area contributed by atoms with E-state index < -0.39 is 6.04 Å². The van der Waals surface area contributed by atoms with Gasteiger partial charge in [0.15, 0.2) is 0 Å². The summed E-state index contributed by atoms with van der Waals surface area (Å²) in [5.74, 6) is -0.223. The predicted molar refractivity (Wildman–Crippen MR) is 53.0 cm³/mol. The second-order valence-corrected chi connectivity index (χ2v) is 3.98. The zero-order valence-corrected chi connectivity index (χ0v) is 8.50. The molecule has 0 aromatic carbocycles. The van der Waals surface area contributed by atoms with Crippen molar-refractivity contribution in [2.75, 3.05) is 6.54 Å². The number of nitrogens with one attached hydrogen (secondary N) is 1. The van der Waals surface area contributed by atoms with Gasteiger partial charge in [-0.05, 0) is 18.4 Å². The van der Waals surface area contributed by atoms with Crippen LogP contribution >= 0.6 is 11.3 Å². The van der Waals surface area contributed by atoms with Gasteiger partial charge < -0.3 is 4.90 Å². The van der Waals surface area contributed by atoms with Crippen molar-refractivity contribution in [2.45, 2.75) is 13.0 Å². The van der Waals surface area contributed by atoms with E-state index in [4.69, 9.17) is 0 Å². The molecule has 0 bridgehead atoms.